The highest BCUT2D eigenvalue weighted by Gasteiger charge is 2.37. The smallest absolute Gasteiger partial charge is 0.342 e. The number of esters is 1. The summed E-state index contributed by atoms with van der Waals surface area (Å²) < 4.78 is 10.7. The Hall–Kier alpha value is -4.68. The minimum absolute atomic E-state index is 0.00221. The van der Waals surface area contributed by atoms with Gasteiger partial charge in [-0.2, -0.15) is 0 Å². The molecule has 3 rings (SSSR count). The highest BCUT2D eigenvalue weighted by Crippen LogP contribution is 2.26. The van der Waals surface area contributed by atoms with Crippen LogP contribution in [-0.2, 0) is 23.9 Å². The molecule has 44 heavy (non-hydrogen) atoms. The van der Waals surface area contributed by atoms with Gasteiger partial charge < -0.3 is 40.7 Å². The summed E-state index contributed by atoms with van der Waals surface area (Å²) in [5, 5.41) is 16.9. The fourth-order valence-electron chi connectivity index (χ4n) is 5.34. The van der Waals surface area contributed by atoms with Crippen LogP contribution in [0.25, 0.3) is 10.9 Å². The molecule has 1 aromatic carbocycles. The molecular weight excluding hydrogens is 568 g/mol. The summed E-state index contributed by atoms with van der Waals surface area (Å²) in [6, 6.07) is 5.40. The Kier molecular flexibility index (Phi) is 11.7. The van der Waals surface area contributed by atoms with Crippen LogP contribution in [0.3, 0.4) is 0 Å². The van der Waals surface area contributed by atoms with E-state index >= 15 is 0 Å². The molecule has 1 aliphatic heterocycles. The zero-order valence-corrected chi connectivity index (χ0v) is 26.1. The molecule has 0 aliphatic carbocycles. The first-order valence-electron chi connectivity index (χ1n) is 14.6. The van der Waals surface area contributed by atoms with Gasteiger partial charge >= 0.3 is 5.97 Å². The molecule has 1 aromatic heterocycles. The number of hydrogen-bond acceptors (Lipinski definition) is 9. The van der Waals surface area contributed by atoms with Gasteiger partial charge in [-0.05, 0) is 65.2 Å². The minimum atomic E-state index is -1.10. The number of allylic oxidation sites excluding steroid dienone is 1. The van der Waals surface area contributed by atoms with Crippen LogP contribution < -0.4 is 20.7 Å². The van der Waals surface area contributed by atoms with Crippen molar-refractivity contribution in [2.45, 2.75) is 59.0 Å². The van der Waals surface area contributed by atoms with Crippen LogP contribution in [0.1, 0.15) is 57.4 Å². The molecule has 238 valence electrons. The number of H-pyrrole nitrogens is 1. The van der Waals surface area contributed by atoms with E-state index in [0.29, 0.717) is 35.3 Å². The van der Waals surface area contributed by atoms with E-state index in [4.69, 9.17) is 14.9 Å². The van der Waals surface area contributed by atoms with Crippen molar-refractivity contribution in [1.29, 1.82) is 5.41 Å². The number of amides is 3. The lowest BCUT2D eigenvalue weighted by atomic mass is 9.89. The summed E-state index contributed by atoms with van der Waals surface area (Å²) >= 11 is 0. The standard InChI is InChI=1S/C31H42N6O7/c1-17(2)37(27(39)15-35-30(41)23-14-21-22(36-23)10-7-11-26(21)43-6)24(13-20-9-8-12-34-29(20)40)25(38)16-44-31(42)28(18(3)32)19(4)33-5/h7,10-11,14,17,20,24,32-33,36H,8-9,12-13,15-16H2,1-6H3,(H,34,40)(H,35,41)/b28-19+,32-18?/t20-,24-/m0/s1. The first-order chi connectivity index (χ1) is 20.9. The number of carbonyl (C=O) groups excluding carboxylic acids is 5. The van der Waals surface area contributed by atoms with Crippen molar-refractivity contribution < 1.29 is 33.4 Å². The van der Waals surface area contributed by atoms with E-state index in [1.54, 1.807) is 52.1 Å². The predicted octanol–water partition coefficient (Wildman–Crippen LogP) is 2.07. The molecule has 1 saturated heterocycles. The third kappa shape index (κ3) is 8.03. The Balaban J connectivity index is 1.81. The molecule has 1 aliphatic rings. The van der Waals surface area contributed by atoms with E-state index in [9.17, 15) is 24.0 Å². The number of ketones is 1. The number of benzene rings is 1. The third-order valence-electron chi connectivity index (χ3n) is 7.62. The summed E-state index contributed by atoms with van der Waals surface area (Å²) in [7, 11) is 3.13. The number of aromatic amines is 1. The lowest BCUT2D eigenvalue weighted by Crippen LogP contribution is -2.54. The summed E-state index contributed by atoms with van der Waals surface area (Å²) in [6.07, 6.45) is 1.30. The Morgan fingerprint density at radius 1 is 1.18 bits per heavy atom. The van der Waals surface area contributed by atoms with Crippen LogP contribution in [-0.4, -0.2) is 91.0 Å². The van der Waals surface area contributed by atoms with E-state index in [1.165, 1.54) is 18.9 Å². The van der Waals surface area contributed by atoms with Crippen molar-refractivity contribution in [3.63, 3.8) is 0 Å². The highest BCUT2D eigenvalue weighted by molar-refractivity contribution is 6.18. The third-order valence-corrected chi connectivity index (χ3v) is 7.62. The monoisotopic (exact) mass is 610 g/mol. The van der Waals surface area contributed by atoms with Gasteiger partial charge in [-0.3, -0.25) is 19.2 Å². The number of hydrogen-bond donors (Lipinski definition) is 5. The maximum Gasteiger partial charge on any atom is 0.342 e. The molecule has 2 atom stereocenters. The molecule has 5 N–H and O–H groups in total. The second-order valence-corrected chi connectivity index (χ2v) is 11.0. The second-order valence-electron chi connectivity index (χ2n) is 11.0. The first-order valence-corrected chi connectivity index (χ1v) is 14.6. The number of carbonyl (C=O) groups is 5. The lowest BCUT2D eigenvalue weighted by molar-refractivity contribution is -0.149. The van der Waals surface area contributed by atoms with Crippen LogP contribution in [0.4, 0.5) is 0 Å². The molecule has 0 bridgehead atoms. The Bertz CT molecular complexity index is 1460. The fraction of sp³-hybridized carbons (Fsp3) is 0.484. The SMILES string of the molecule is CN/C(C)=C(\C(C)=N)C(=O)OCC(=O)[C@H](C[C@@H]1CCCNC1=O)N(C(=O)CNC(=O)c1cc2c(OC)cccc2[nH]1)C(C)C. The molecule has 0 spiro atoms. The number of Topliss-reactive ketones (excluding diaryl/α,β-unsaturated/α-hetero) is 1. The quantitative estimate of drug-likeness (QED) is 0.122. The number of nitrogens with zero attached hydrogens (tertiary/aromatic N) is 1. The van der Waals surface area contributed by atoms with Gasteiger partial charge in [0.05, 0.1) is 25.3 Å². The maximum absolute atomic E-state index is 13.6. The zero-order chi connectivity index (χ0) is 32.6. The predicted molar refractivity (Wildman–Crippen MR) is 164 cm³/mol. The van der Waals surface area contributed by atoms with Crippen LogP contribution in [0.15, 0.2) is 35.5 Å². The number of ether oxygens (including phenoxy) is 2. The minimum Gasteiger partial charge on any atom is -0.496 e. The average Bonchev–Trinajstić information content (AvgIpc) is 3.43. The largest absolute Gasteiger partial charge is 0.496 e. The van der Waals surface area contributed by atoms with Crippen LogP contribution >= 0.6 is 0 Å². The number of piperidine rings is 1. The molecular formula is C31H42N6O7. The van der Waals surface area contributed by atoms with Crippen molar-refractivity contribution in [3.05, 3.63) is 41.2 Å². The Morgan fingerprint density at radius 3 is 2.52 bits per heavy atom. The van der Waals surface area contributed by atoms with Gasteiger partial charge in [0.15, 0.2) is 12.4 Å². The summed E-state index contributed by atoms with van der Waals surface area (Å²) in [5.74, 6) is -2.63. The van der Waals surface area contributed by atoms with Gasteiger partial charge in [0.2, 0.25) is 11.8 Å². The van der Waals surface area contributed by atoms with Gasteiger partial charge in [0.1, 0.15) is 11.4 Å². The van der Waals surface area contributed by atoms with Gasteiger partial charge in [-0.15, -0.1) is 0 Å². The molecule has 0 saturated carbocycles. The van der Waals surface area contributed by atoms with Gasteiger partial charge in [-0.25, -0.2) is 4.79 Å². The van der Waals surface area contributed by atoms with Gasteiger partial charge in [0, 0.05) is 47.9 Å². The molecule has 1 fully saturated rings. The fourth-order valence-corrected chi connectivity index (χ4v) is 5.34. The number of methoxy groups -OCH3 is 1. The number of rotatable bonds is 14. The number of aromatic nitrogens is 1. The van der Waals surface area contributed by atoms with Crippen molar-refractivity contribution in [3.8, 4) is 5.75 Å². The lowest BCUT2D eigenvalue weighted by Gasteiger charge is -2.36. The first kappa shape index (κ1) is 33.8. The highest BCUT2D eigenvalue weighted by atomic mass is 16.5. The van der Waals surface area contributed by atoms with Crippen LogP contribution in [0.2, 0.25) is 0 Å². The van der Waals surface area contributed by atoms with E-state index in [0.717, 1.165) is 6.42 Å². The van der Waals surface area contributed by atoms with Crippen LogP contribution in [0.5, 0.6) is 5.75 Å². The molecule has 0 unspecified atom stereocenters. The summed E-state index contributed by atoms with van der Waals surface area (Å²) in [5.41, 5.74) is 1.30. The van der Waals surface area contributed by atoms with Crippen molar-refractivity contribution in [2.24, 2.45) is 5.92 Å². The van der Waals surface area contributed by atoms with Gasteiger partial charge in [-0.1, -0.05) is 6.07 Å². The average molecular weight is 611 g/mol. The zero-order valence-electron chi connectivity index (χ0n) is 26.1. The Morgan fingerprint density at radius 2 is 1.91 bits per heavy atom. The van der Waals surface area contributed by atoms with Crippen molar-refractivity contribution in [2.75, 3.05) is 33.9 Å². The molecule has 0 radical (unpaired) electrons. The normalized spacial score (nSPS) is 16.0. The number of nitrogens with one attached hydrogen (secondary N) is 5. The summed E-state index contributed by atoms with van der Waals surface area (Å²) in [4.78, 5) is 70.0. The Labute approximate surface area is 256 Å². The molecule has 2 aromatic rings. The van der Waals surface area contributed by atoms with Crippen LogP contribution in [0, 0.1) is 11.3 Å². The topological polar surface area (TPSA) is 183 Å². The van der Waals surface area contributed by atoms with Crippen molar-refractivity contribution >= 4 is 46.1 Å². The van der Waals surface area contributed by atoms with Gasteiger partial charge in [0.25, 0.3) is 5.91 Å². The molecule has 13 nitrogen and oxygen atoms in total. The molecule has 13 heteroatoms. The van der Waals surface area contributed by atoms with E-state index in [2.05, 4.69) is 20.9 Å². The van der Waals surface area contributed by atoms with E-state index in [-0.39, 0.29) is 29.3 Å². The second kappa shape index (κ2) is 15.2. The van der Waals surface area contributed by atoms with E-state index < -0.39 is 54.7 Å². The van der Waals surface area contributed by atoms with Crippen molar-refractivity contribution in [1.82, 2.24) is 25.8 Å². The van der Waals surface area contributed by atoms with E-state index in [1.807, 2.05) is 0 Å². The molecule has 3 amide bonds. The maximum atomic E-state index is 13.6. The summed E-state index contributed by atoms with van der Waals surface area (Å²) in [6.45, 7) is 5.96. The molecule has 2 heterocycles. The number of fused-ring (bicyclic) bond motifs is 1.